The predicted octanol–water partition coefficient (Wildman–Crippen LogP) is 2.90. The molecule has 1 fully saturated rings. The van der Waals surface area contributed by atoms with Gasteiger partial charge in [-0.1, -0.05) is 31.8 Å². The van der Waals surface area contributed by atoms with E-state index in [4.69, 9.17) is 14.2 Å². The first kappa shape index (κ1) is 13.7. The minimum Gasteiger partial charge on any atom is -0.373 e. The van der Waals surface area contributed by atoms with Crippen LogP contribution in [0, 0.1) is 0 Å². The van der Waals surface area contributed by atoms with Crippen molar-refractivity contribution in [1.29, 1.82) is 0 Å². The molecule has 0 amide bonds. The van der Waals surface area contributed by atoms with Gasteiger partial charge in [-0.3, -0.25) is 0 Å². The van der Waals surface area contributed by atoms with E-state index in [1.165, 1.54) is 32.1 Å². The summed E-state index contributed by atoms with van der Waals surface area (Å²) < 4.78 is 15.5. The number of methoxy groups -OCH3 is 1. The van der Waals surface area contributed by atoms with Crippen molar-refractivity contribution in [2.24, 2.45) is 0 Å². The molecule has 3 heteroatoms. The Balaban J connectivity index is 1.84. The lowest BCUT2D eigenvalue weighted by atomic mass is 10.1. The molecule has 0 bridgehead atoms. The standard InChI is InChI=1S/C13H24O3/c1-3-12(16-11-14-2)8-6-4-5-7-9-13-10-15-13/h3,12-13H,1,4-11H2,2H3/t12-,13-/m1/s1. The Morgan fingerprint density at radius 3 is 2.75 bits per heavy atom. The molecule has 3 nitrogen and oxygen atoms in total. The summed E-state index contributed by atoms with van der Waals surface area (Å²) in [6.07, 6.45) is 9.95. The van der Waals surface area contributed by atoms with Crippen molar-refractivity contribution in [3.05, 3.63) is 12.7 Å². The van der Waals surface area contributed by atoms with Crippen molar-refractivity contribution in [2.75, 3.05) is 20.5 Å². The summed E-state index contributed by atoms with van der Waals surface area (Å²) in [6, 6.07) is 0. The number of unbranched alkanes of at least 4 members (excludes halogenated alkanes) is 3. The summed E-state index contributed by atoms with van der Waals surface area (Å²) in [5.41, 5.74) is 0. The molecule has 0 unspecified atom stereocenters. The fraction of sp³-hybridized carbons (Fsp3) is 0.846. The Morgan fingerprint density at radius 1 is 1.38 bits per heavy atom. The van der Waals surface area contributed by atoms with E-state index >= 15 is 0 Å². The summed E-state index contributed by atoms with van der Waals surface area (Å²) in [5.74, 6) is 0. The SMILES string of the molecule is C=C[C@H](CCCCCC[C@@H]1CO1)OCOC. The van der Waals surface area contributed by atoms with Gasteiger partial charge in [0, 0.05) is 7.11 Å². The monoisotopic (exact) mass is 228 g/mol. The van der Waals surface area contributed by atoms with Crippen LogP contribution in [0.5, 0.6) is 0 Å². The van der Waals surface area contributed by atoms with E-state index in [9.17, 15) is 0 Å². The Hall–Kier alpha value is -0.380. The highest BCUT2D eigenvalue weighted by molar-refractivity contribution is 4.79. The molecule has 0 spiro atoms. The van der Waals surface area contributed by atoms with Gasteiger partial charge in [0.1, 0.15) is 6.79 Å². The third kappa shape index (κ3) is 6.99. The van der Waals surface area contributed by atoms with Crippen molar-refractivity contribution < 1.29 is 14.2 Å². The van der Waals surface area contributed by atoms with Gasteiger partial charge in [-0.15, -0.1) is 6.58 Å². The second kappa shape index (κ2) is 8.74. The van der Waals surface area contributed by atoms with Crippen LogP contribution in [0.3, 0.4) is 0 Å². The Labute approximate surface area is 98.8 Å². The van der Waals surface area contributed by atoms with E-state index in [-0.39, 0.29) is 6.10 Å². The summed E-state index contributed by atoms with van der Waals surface area (Å²) in [7, 11) is 1.64. The third-order valence-corrected chi connectivity index (χ3v) is 2.83. The van der Waals surface area contributed by atoms with Crippen LogP contribution in [0.2, 0.25) is 0 Å². The van der Waals surface area contributed by atoms with Crippen molar-refractivity contribution in [3.63, 3.8) is 0 Å². The summed E-state index contributed by atoms with van der Waals surface area (Å²) in [6.45, 7) is 5.11. The fourth-order valence-electron chi connectivity index (χ4n) is 1.73. The molecule has 1 aliphatic heterocycles. The van der Waals surface area contributed by atoms with Gasteiger partial charge in [0.05, 0.1) is 18.8 Å². The molecular weight excluding hydrogens is 204 g/mol. The van der Waals surface area contributed by atoms with Crippen molar-refractivity contribution in [3.8, 4) is 0 Å². The molecule has 16 heavy (non-hydrogen) atoms. The normalized spacial score (nSPS) is 20.7. The minimum atomic E-state index is 0.145. The van der Waals surface area contributed by atoms with E-state index in [1.54, 1.807) is 7.11 Å². The topological polar surface area (TPSA) is 31.0 Å². The van der Waals surface area contributed by atoms with E-state index in [0.29, 0.717) is 12.9 Å². The number of hydrogen-bond acceptors (Lipinski definition) is 3. The largest absolute Gasteiger partial charge is 0.373 e. The molecule has 0 aromatic rings. The molecule has 0 N–H and O–H groups in total. The quantitative estimate of drug-likeness (QED) is 0.236. The molecule has 0 aliphatic carbocycles. The Bertz CT molecular complexity index is 178. The Morgan fingerprint density at radius 2 is 2.12 bits per heavy atom. The van der Waals surface area contributed by atoms with Crippen LogP contribution < -0.4 is 0 Å². The third-order valence-electron chi connectivity index (χ3n) is 2.83. The molecule has 2 atom stereocenters. The second-order valence-electron chi connectivity index (χ2n) is 4.29. The van der Waals surface area contributed by atoms with E-state index < -0.39 is 0 Å². The van der Waals surface area contributed by atoms with Crippen LogP contribution in [-0.4, -0.2) is 32.7 Å². The molecule has 0 saturated carbocycles. The predicted molar refractivity (Wildman–Crippen MR) is 64.4 cm³/mol. The van der Waals surface area contributed by atoms with Gasteiger partial charge < -0.3 is 14.2 Å². The maximum absolute atomic E-state index is 5.43. The van der Waals surface area contributed by atoms with Crippen LogP contribution in [-0.2, 0) is 14.2 Å². The first-order valence-corrected chi connectivity index (χ1v) is 6.21. The van der Waals surface area contributed by atoms with Gasteiger partial charge in [-0.2, -0.15) is 0 Å². The average molecular weight is 228 g/mol. The maximum Gasteiger partial charge on any atom is 0.147 e. The number of epoxide rings is 1. The summed E-state index contributed by atoms with van der Waals surface area (Å²) in [4.78, 5) is 0. The number of hydrogen-bond donors (Lipinski definition) is 0. The Kier molecular flexibility index (Phi) is 7.47. The fourth-order valence-corrected chi connectivity index (χ4v) is 1.73. The highest BCUT2D eigenvalue weighted by Gasteiger charge is 2.20. The van der Waals surface area contributed by atoms with Gasteiger partial charge in [0.2, 0.25) is 0 Å². The summed E-state index contributed by atoms with van der Waals surface area (Å²) >= 11 is 0. The van der Waals surface area contributed by atoms with Gasteiger partial charge in [-0.25, -0.2) is 0 Å². The molecule has 94 valence electrons. The van der Waals surface area contributed by atoms with Crippen LogP contribution in [0.1, 0.15) is 38.5 Å². The first-order valence-electron chi connectivity index (χ1n) is 6.21. The van der Waals surface area contributed by atoms with Crippen LogP contribution in [0.4, 0.5) is 0 Å². The zero-order chi connectivity index (χ0) is 11.6. The lowest BCUT2D eigenvalue weighted by Crippen LogP contribution is -2.11. The summed E-state index contributed by atoms with van der Waals surface area (Å²) in [5, 5.41) is 0. The van der Waals surface area contributed by atoms with E-state index in [1.807, 2.05) is 6.08 Å². The van der Waals surface area contributed by atoms with Gasteiger partial charge in [-0.05, 0) is 12.8 Å². The molecular formula is C13H24O3. The van der Waals surface area contributed by atoms with Crippen LogP contribution >= 0.6 is 0 Å². The second-order valence-corrected chi connectivity index (χ2v) is 4.29. The smallest absolute Gasteiger partial charge is 0.147 e. The van der Waals surface area contributed by atoms with Gasteiger partial charge in [0.15, 0.2) is 0 Å². The molecule has 1 aliphatic rings. The van der Waals surface area contributed by atoms with E-state index in [2.05, 4.69) is 6.58 Å². The number of rotatable bonds is 11. The molecule has 0 aromatic heterocycles. The first-order chi connectivity index (χ1) is 7.86. The van der Waals surface area contributed by atoms with Crippen molar-refractivity contribution in [1.82, 2.24) is 0 Å². The maximum atomic E-state index is 5.43. The molecule has 0 radical (unpaired) electrons. The minimum absolute atomic E-state index is 0.145. The molecule has 1 saturated heterocycles. The lowest BCUT2D eigenvalue weighted by Gasteiger charge is -2.12. The average Bonchev–Trinajstić information content (AvgIpc) is 3.11. The van der Waals surface area contributed by atoms with Crippen LogP contribution in [0.15, 0.2) is 12.7 Å². The number of ether oxygens (including phenoxy) is 3. The van der Waals surface area contributed by atoms with Crippen molar-refractivity contribution >= 4 is 0 Å². The zero-order valence-electron chi connectivity index (χ0n) is 10.3. The van der Waals surface area contributed by atoms with E-state index in [0.717, 1.165) is 13.0 Å². The molecule has 0 aromatic carbocycles. The lowest BCUT2D eigenvalue weighted by molar-refractivity contribution is -0.0579. The van der Waals surface area contributed by atoms with Gasteiger partial charge >= 0.3 is 0 Å². The zero-order valence-corrected chi connectivity index (χ0v) is 10.3. The van der Waals surface area contributed by atoms with Gasteiger partial charge in [0.25, 0.3) is 0 Å². The molecule has 1 heterocycles. The van der Waals surface area contributed by atoms with Crippen LogP contribution in [0.25, 0.3) is 0 Å². The molecule has 1 rings (SSSR count). The van der Waals surface area contributed by atoms with Crippen molar-refractivity contribution in [2.45, 2.75) is 50.7 Å². The highest BCUT2D eigenvalue weighted by Crippen LogP contribution is 2.18. The highest BCUT2D eigenvalue weighted by atomic mass is 16.7.